The first-order valence-electron chi connectivity index (χ1n) is 3.98. The smallest absolute Gasteiger partial charge is 0.138 e. The molecule has 68 valence electrons. The van der Waals surface area contributed by atoms with Gasteiger partial charge in [-0.1, -0.05) is 11.8 Å². The molecule has 1 aromatic rings. The van der Waals surface area contributed by atoms with Crippen molar-refractivity contribution < 1.29 is 4.74 Å². The highest BCUT2D eigenvalue weighted by Crippen LogP contribution is 2.08. The van der Waals surface area contributed by atoms with Crippen LogP contribution < -0.4 is 10.5 Å². The maximum absolute atomic E-state index is 5.49. The van der Waals surface area contributed by atoms with Crippen molar-refractivity contribution in [3.05, 3.63) is 24.0 Å². The van der Waals surface area contributed by atoms with Crippen molar-refractivity contribution in [3.63, 3.8) is 0 Å². The molecule has 3 heteroatoms. The Morgan fingerprint density at radius 2 is 2.31 bits per heavy atom. The van der Waals surface area contributed by atoms with Crippen molar-refractivity contribution in [1.29, 1.82) is 0 Å². The van der Waals surface area contributed by atoms with Crippen LogP contribution in [0.5, 0.6) is 5.75 Å². The minimum atomic E-state index is -0.119. The van der Waals surface area contributed by atoms with E-state index in [2.05, 4.69) is 16.8 Å². The Bertz CT molecular complexity index is 336. The predicted octanol–water partition coefficient (Wildman–Crippen LogP) is 0.789. The SMILES string of the molecule is COc1cncc(C#CC(C)N)c1. The summed E-state index contributed by atoms with van der Waals surface area (Å²) in [7, 11) is 1.60. The molecule has 0 aliphatic heterocycles. The van der Waals surface area contributed by atoms with E-state index in [0.29, 0.717) is 5.75 Å². The summed E-state index contributed by atoms with van der Waals surface area (Å²) in [6, 6.07) is 1.70. The third kappa shape index (κ3) is 3.14. The highest BCUT2D eigenvalue weighted by molar-refractivity contribution is 5.37. The molecule has 0 amide bonds. The summed E-state index contributed by atoms with van der Waals surface area (Å²) < 4.78 is 5.00. The van der Waals surface area contributed by atoms with Gasteiger partial charge >= 0.3 is 0 Å². The first-order valence-corrected chi connectivity index (χ1v) is 3.98. The summed E-state index contributed by atoms with van der Waals surface area (Å²) in [4.78, 5) is 3.97. The average molecular weight is 176 g/mol. The Kier molecular flexibility index (Phi) is 3.30. The normalized spacial score (nSPS) is 11.3. The van der Waals surface area contributed by atoms with E-state index in [-0.39, 0.29) is 6.04 Å². The Morgan fingerprint density at radius 1 is 1.54 bits per heavy atom. The minimum absolute atomic E-state index is 0.119. The summed E-state index contributed by atoms with van der Waals surface area (Å²) in [5.41, 5.74) is 6.30. The molecule has 0 saturated carbocycles. The minimum Gasteiger partial charge on any atom is -0.495 e. The van der Waals surface area contributed by atoms with E-state index in [1.165, 1.54) is 0 Å². The van der Waals surface area contributed by atoms with Gasteiger partial charge in [0.2, 0.25) is 0 Å². The number of hydrogen-bond donors (Lipinski definition) is 1. The monoisotopic (exact) mass is 176 g/mol. The lowest BCUT2D eigenvalue weighted by molar-refractivity contribution is 0.413. The van der Waals surface area contributed by atoms with E-state index >= 15 is 0 Å². The van der Waals surface area contributed by atoms with Crippen LogP contribution in [0, 0.1) is 11.8 Å². The highest BCUT2D eigenvalue weighted by atomic mass is 16.5. The zero-order valence-electron chi connectivity index (χ0n) is 7.74. The van der Waals surface area contributed by atoms with Crippen molar-refractivity contribution in [3.8, 4) is 17.6 Å². The van der Waals surface area contributed by atoms with Crippen LogP contribution in [0.4, 0.5) is 0 Å². The van der Waals surface area contributed by atoms with Gasteiger partial charge in [-0.05, 0) is 13.0 Å². The van der Waals surface area contributed by atoms with Gasteiger partial charge in [0.1, 0.15) is 5.75 Å². The van der Waals surface area contributed by atoms with Crippen LogP contribution in [0.3, 0.4) is 0 Å². The van der Waals surface area contributed by atoms with Crippen LogP contribution in [-0.2, 0) is 0 Å². The zero-order valence-corrected chi connectivity index (χ0v) is 7.74. The molecule has 13 heavy (non-hydrogen) atoms. The molecule has 0 bridgehead atoms. The predicted molar refractivity (Wildman–Crippen MR) is 51.3 cm³/mol. The molecule has 1 rings (SSSR count). The van der Waals surface area contributed by atoms with Crippen molar-refractivity contribution >= 4 is 0 Å². The number of aromatic nitrogens is 1. The van der Waals surface area contributed by atoms with Crippen molar-refractivity contribution in [2.45, 2.75) is 13.0 Å². The summed E-state index contributed by atoms with van der Waals surface area (Å²) >= 11 is 0. The molecule has 0 saturated heterocycles. The van der Waals surface area contributed by atoms with Crippen LogP contribution in [0.15, 0.2) is 18.5 Å². The third-order valence-corrected chi connectivity index (χ3v) is 1.39. The van der Waals surface area contributed by atoms with Crippen LogP contribution in [0.1, 0.15) is 12.5 Å². The van der Waals surface area contributed by atoms with E-state index in [9.17, 15) is 0 Å². The Morgan fingerprint density at radius 3 is 2.92 bits per heavy atom. The van der Waals surface area contributed by atoms with Gasteiger partial charge in [0.15, 0.2) is 0 Å². The molecule has 0 fully saturated rings. The molecule has 1 aromatic heterocycles. The second-order valence-electron chi connectivity index (χ2n) is 2.67. The van der Waals surface area contributed by atoms with Gasteiger partial charge in [0.05, 0.1) is 19.3 Å². The van der Waals surface area contributed by atoms with Gasteiger partial charge in [-0.15, -0.1) is 0 Å². The van der Waals surface area contributed by atoms with Crippen LogP contribution in [-0.4, -0.2) is 18.1 Å². The second kappa shape index (κ2) is 4.48. The maximum atomic E-state index is 5.49. The summed E-state index contributed by atoms with van der Waals surface area (Å²) in [6.45, 7) is 1.83. The standard InChI is InChI=1S/C10H12N2O/c1-8(11)3-4-9-5-10(13-2)7-12-6-9/h5-8H,11H2,1-2H3. The fourth-order valence-electron chi connectivity index (χ4n) is 0.796. The topological polar surface area (TPSA) is 48.1 Å². The van der Waals surface area contributed by atoms with Gasteiger partial charge in [-0.3, -0.25) is 4.98 Å². The van der Waals surface area contributed by atoms with Crippen LogP contribution in [0.2, 0.25) is 0 Å². The highest BCUT2D eigenvalue weighted by Gasteiger charge is 1.92. The average Bonchev–Trinajstić information content (AvgIpc) is 2.15. The van der Waals surface area contributed by atoms with Gasteiger partial charge in [0, 0.05) is 11.8 Å². The fraction of sp³-hybridized carbons (Fsp3) is 0.300. The van der Waals surface area contributed by atoms with Crippen molar-refractivity contribution in [2.75, 3.05) is 7.11 Å². The van der Waals surface area contributed by atoms with E-state index in [1.54, 1.807) is 19.5 Å². The maximum Gasteiger partial charge on any atom is 0.138 e. The molecule has 0 spiro atoms. The van der Waals surface area contributed by atoms with E-state index in [1.807, 2.05) is 13.0 Å². The van der Waals surface area contributed by atoms with Gasteiger partial charge in [-0.2, -0.15) is 0 Å². The first-order chi connectivity index (χ1) is 6.22. The van der Waals surface area contributed by atoms with E-state index in [4.69, 9.17) is 10.5 Å². The lowest BCUT2D eigenvalue weighted by Crippen LogP contribution is -2.10. The molecule has 1 heterocycles. The van der Waals surface area contributed by atoms with Gasteiger partial charge in [-0.25, -0.2) is 0 Å². The van der Waals surface area contributed by atoms with Gasteiger partial charge < -0.3 is 10.5 Å². The summed E-state index contributed by atoms with van der Waals surface area (Å²) in [6.07, 6.45) is 3.31. The second-order valence-corrected chi connectivity index (χ2v) is 2.67. The number of hydrogen-bond acceptors (Lipinski definition) is 3. The molecular weight excluding hydrogens is 164 g/mol. The molecule has 0 aliphatic carbocycles. The van der Waals surface area contributed by atoms with Crippen LogP contribution >= 0.6 is 0 Å². The number of pyridine rings is 1. The molecule has 0 aromatic carbocycles. The first kappa shape index (κ1) is 9.56. The van der Waals surface area contributed by atoms with Crippen molar-refractivity contribution in [1.82, 2.24) is 4.98 Å². The lowest BCUT2D eigenvalue weighted by Gasteiger charge is -1.97. The molecule has 3 nitrogen and oxygen atoms in total. The number of rotatable bonds is 1. The fourth-order valence-corrected chi connectivity index (χ4v) is 0.796. The summed E-state index contributed by atoms with van der Waals surface area (Å²) in [5.74, 6) is 6.45. The lowest BCUT2D eigenvalue weighted by atomic mass is 10.2. The molecule has 2 N–H and O–H groups in total. The van der Waals surface area contributed by atoms with Gasteiger partial charge in [0.25, 0.3) is 0 Å². The van der Waals surface area contributed by atoms with Crippen molar-refractivity contribution in [2.24, 2.45) is 5.73 Å². The molecule has 1 atom stereocenters. The Balaban J connectivity index is 2.85. The number of methoxy groups -OCH3 is 1. The third-order valence-electron chi connectivity index (χ3n) is 1.39. The number of ether oxygens (including phenoxy) is 1. The van der Waals surface area contributed by atoms with Crippen LogP contribution in [0.25, 0.3) is 0 Å². The number of nitrogens with zero attached hydrogens (tertiary/aromatic N) is 1. The molecular formula is C10H12N2O. The molecule has 1 unspecified atom stereocenters. The Labute approximate surface area is 77.9 Å². The van der Waals surface area contributed by atoms with E-state index in [0.717, 1.165) is 5.56 Å². The molecule has 0 radical (unpaired) electrons. The van der Waals surface area contributed by atoms with E-state index < -0.39 is 0 Å². The zero-order chi connectivity index (χ0) is 9.68. The Hall–Kier alpha value is -1.53. The number of nitrogens with two attached hydrogens (primary N) is 1. The largest absolute Gasteiger partial charge is 0.495 e. The quantitative estimate of drug-likeness (QED) is 0.643. The summed E-state index contributed by atoms with van der Waals surface area (Å²) in [5, 5.41) is 0. The molecule has 0 aliphatic rings.